The van der Waals surface area contributed by atoms with Crippen molar-refractivity contribution < 1.29 is 9.53 Å². The highest BCUT2D eigenvalue weighted by molar-refractivity contribution is 9.10. The van der Waals surface area contributed by atoms with Gasteiger partial charge in [0.1, 0.15) is 5.75 Å². The minimum absolute atomic E-state index is 0.230. The minimum Gasteiger partial charge on any atom is -0.497 e. The fourth-order valence-electron chi connectivity index (χ4n) is 2.84. The van der Waals surface area contributed by atoms with E-state index in [-0.39, 0.29) is 5.91 Å². The van der Waals surface area contributed by atoms with E-state index in [1.54, 1.807) is 42.6 Å². The molecule has 146 valence electrons. The van der Waals surface area contributed by atoms with E-state index in [4.69, 9.17) is 16.3 Å². The van der Waals surface area contributed by atoms with Crippen LogP contribution in [0.2, 0.25) is 5.02 Å². The lowest BCUT2D eigenvalue weighted by Crippen LogP contribution is -2.30. The van der Waals surface area contributed by atoms with Crippen molar-refractivity contribution in [2.45, 2.75) is 6.54 Å². The Hall–Kier alpha value is -2.48. The van der Waals surface area contributed by atoms with Gasteiger partial charge in [0.05, 0.1) is 34.5 Å². The quantitative estimate of drug-likeness (QED) is 0.348. The number of benzene rings is 2. The Kier molecular flexibility index (Phi) is 5.80. The van der Waals surface area contributed by atoms with Crippen LogP contribution in [-0.4, -0.2) is 23.0 Å². The van der Waals surface area contributed by atoms with E-state index in [1.807, 2.05) is 30.3 Å². The average Bonchev–Trinajstić information content (AvgIpc) is 3.16. The Labute approximate surface area is 185 Å². The van der Waals surface area contributed by atoms with Crippen LogP contribution in [0.1, 0.15) is 15.9 Å². The predicted molar refractivity (Wildman–Crippen MR) is 120 cm³/mol. The van der Waals surface area contributed by atoms with Crippen LogP contribution in [0.5, 0.6) is 5.75 Å². The molecule has 0 spiro atoms. The largest absolute Gasteiger partial charge is 0.497 e. The fourth-order valence-corrected chi connectivity index (χ4v) is 4.39. The Morgan fingerprint density at radius 3 is 2.86 bits per heavy atom. The Balaban J connectivity index is 1.79. The van der Waals surface area contributed by atoms with Crippen molar-refractivity contribution in [3.63, 3.8) is 0 Å². The number of hydrogen-bond donors (Lipinski definition) is 0. The van der Waals surface area contributed by atoms with E-state index in [0.717, 1.165) is 26.0 Å². The fraction of sp³-hybridized carbons (Fsp3) is 0.0952. The van der Waals surface area contributed by atoms with Gasteiger partial charge in [-0.3, -0.25) is 14.7 Å². The molecule has 0 fully saturated rings. The first-order chi connectivity index (χ1) is 14.0. The van der Waals surface area contributed by atoms with Crippen LogP contribution in [0.3, 0.4) is 0 Å². The molecule has 0 atom stereocenters. The van der Waals surface area contributed by atoms with E-state index < -0.39 is 0 Å². The van der Waals surface area contributed by atoms with Gasteiger partial charge in [-0.1, -0.05) is 44.9 Å². The maximum atomic E-state index is 13.5. The van der Waals surface area contributed by atoms with Gasteiger partial charge >= 0.3 is 0 Å². The molecule has 0 bridgehead atoms. The van der Waals surface area contributed by atoms with Crippen LogP contribution in [0.4, 0.5) is 5.13 Å². The lowest BCUT2D eigenvalue weighted by molar-refractivity contribution is 0.0985. The first-order valence-electron chi connectivity index (χ1n) is 8.65. The number of ether oxygens (including phenoxy) is 1. The van der Waals surface area contributed by atoms with Crippen LogP contribution in [0.25, 0.3) is 10.2 Å². The van der Waals surface area contributed by atoms with Crippen molar-refractivity contribution >= 4 is 60.1 Å². The summed E-state index contributed by atoms with van der Waals surface area (Å²) in [7, 11) is 1.62. The zero-order valence-corrected chi connectivity index (χ0v) is 18.5. The van der Waals surface area contributed by atoms with Crippen molar-refractivity contribution in [3.8, 4) is 5.75 Å². The molecule has 5 nitrogen and oxygen atoms in total. The molecule has 0 saturated carbocycles. The van der Waals surface area contributed by atoms with Crippen molar-refractivity contribution in [1.29, 1.82) is 0 Å². The Morgan fingerprint density at radius 1 is 1.24 bits per heavy atom. The van der Waals surface area contributed by atoms with Gasteiger partial charge in [0.15, 0.2) is 5.13 Å². The van der Waals surface area contributed by atoms with Gasteiger partial charge in [0, 0.05) is 16.9 Å². The highest BCUT2D eigenvalue weighted by atomic mass is 79.9. The number of aromatic nitrogens is 2. The van der Waals surface area contributed by atoms with Crippen molar-refractivity contribution in [2.24, 2.45) is 0 Å². The number of halogens is 2. The number of hydrogen-bond acceptors (Lipinski definition) is 5. The average molecular weight is 489 g/mol. The molecule has 0 aliphatic heterocycles. The summed E-state index contributed by atoms with van der Waals surface area (Å²) in [4.78, 5) is 23.9. The lowest BCUT2D eigenvalue weighted by atomic mass is 10.2. The molecular formula is C21H15BrClN3O2S. The Morgan fingerprint density at radius 2 is 2.10 bits per heavy atom. The molecule has 29 heavy (non-hydrogen) atoms. The third-order valence-electron chi connectivity index (χ3n) is 4.28. The van der Waals surface area contributed by atoms with Crippen molar-refractivity contribution in [2.75, 3.05) is 12.0 Å². The number of fused-ring (bicyclic) bond motifs is 1. The highest BCUT2D eigenvalue weighted by Gasteiger charge is 2.24. The van der Waals surface area contributed by atoms with E-state index in [0.29, 0.717) is 22.3 Å². The molecule has 2 heterocycles. The van der Waals surface area contributed by atoms with E-state index in [2.05, 4.69) is 25.9 Å². The third kappa shape index (κ3) is 4.27. The summed E-state index contributed by atoms with van der Waals surface area (Å²) >= 11 is 11.2. The number of thiazole rings is 1. The van der Waals surface area contributed by atoms with Gasteiger partial charge in [-0.25, -0.2) is 4.98 Å². The number of amides is 1. The second-order valence-corrected chi connectivity index (χ2v) is 8.54. The van der Waals surface area contributed by atoms with Gasteiger partial charge in [-0.2, -0.15) is 0 Å². The molecular weight excluding hydrogens is 474 g/mol. The molecule has 0 aliphatic carbocycles. The summed E-state index contributed by atoms with van der Waals surface area (Å²) in [6, 6.07) is 14.6. The van der Waals surface area contributed by atoms with Crippen LogP contribution in [-0.2, 0) is 6.54 Å². The molecule has 0 radical (unpaired) electrons. The lowest BCUT2D eigenvalue weighted by Gasteiger charge is -2.20. The van der Waals surface area contributed by atoms with Crippen molar-refractivity contribution in [3.05, 3.63) is 81.5 Å². The van der Waals surface area contributed by atoms with Crippen LogP contribution < -0.4 is 9.64 Å². The molecule has 4 rings (SSSR count). The topological polar surface area (TPSA) is 55.3 Å². The maximum absolute atomic E-state index is 13.5. The minimum atomic E-state index is -0.230. The van der Waals surface area contributed by atoms with E-state index in [9.17, 15) is 4.79 Å². The smallest absolute Gasteiger partial charge is 0.261 e. The zero-order chi connectivity index (χ0) is 20.4. The van der Waals surface area contributed by atoms with Gasteiger partial charge in [0.25, 0.3) is 5.91 Å². The highest BCUT2D eigenvalue weighted by Crippen LogP contribution is 2.34. The number of carbonyl (C=O) groups excluding carboxylic acids is 1. The number of anilines is 1. The molecule has 8 heteroatoms. The number of methoxy groups -OCH3 is 1. The molecule has 0 N–H and O–H groups in total. The first kappa shape index (κ1) is 19.8. The van der Waals surface area contributed by atoms with Gasteiger partial charge in [-0.15, -0.1) is 0 Å². The second-order valence-electron chi connectivity index (χ2n) is 6.21. The normalized spacial score (nSPS) is 10.9. The van der Waals surface area contributed by atoms with Crippen LogP contribution >= 0.6 is 38.9 Å². The third-order valence-corrected chi connectivity index (χ3v) is 6.15. The standard InChI is InChI=1S/C21H15BrClN3O2S/c1-28-15-5-7-18-19(10-15)29-21(25-18)26(12-13-3-2-8-24-11-13)20(27)16-9-14(22)4-6-17(16)23/h2-11H,12H2,1H3. The molecule has 2 aromatic carbocycles. The van der Waals surface area contributed by atoms with Gasteiger partial charge in [-0.05, 0) is 48.0 Å². The second kappa shape index (κ2) is 8.49. The molecule has 0 aliphatic rings. The number of pyridine rings is 1. The summed E-state index contributed by atoms with van der Waals surface area (Å²) in [5.74, 6) is 0.513. The zero-order valence-electron chi connectivity index (χ0n) is 15.3. The summed E-state index contributed by atoms with van der Waals surface area (Å²) in [5, 5.41) is 0.968. The molecule has 1 amide bonds. The summed E-state index contributed by atoms with van der Waals surface area (Å²) in [6.07, 6.45) is 3.43. The number of rotatable bonds is 5. The molecule has 0 unspecified atom stereocenters. The number of nitrogens with zero attached hydrogens (tertiary/aromatic N) is 3. The Bertz CT molecular complexity index is 1180. The van der Waals surface area contributed by atoms with Crippen LogP contribution in [0.15, 0.2) is 65.4 Å². The van der Waals surface area contributed by atoms with Gasteiger partial charge < -0.3 is 4.74 Å². The monoisotopic (exact) mass is 487 g/mol. The van der Waals surface area contributed by atoms with Gasteiger partial charge in [0.2, 0.25) is 0 Å². The molecule has 4 aromatic rings. The van der Waals surface area contributed by atoms with E-state index >= 15 is 0 Å². The SMILES string of the molecule is COc1ccc2nc(N(Cc3cccnc3)C(=O)c3cc(Br)ccc3Cl)sc2c1. The number of carbonyl (C=O) groups is 1. The summed E-state index contributed by atoms with van der Waals surface area (Å²) < 4.78 is 7.01. The van der Waals surface area contributed by atoms with E-state index in [1.165, 1.54) is 11.3 Å². The van der Waals surface area contributed by atoms with Crippen LogP contribution in [0, 0.1) is 0 Å². The maximum Gasteiger partial charge on any atom is 0.261 e. The molecule has 0 saturated heterocycles. The summed E-state index contributed by atoms with van der Waals surface area (Å²) in [6.45, 7) is 0.326. The predicted octanol–water partition coefficient (Wildman–Crippen LogP) is 5.96. The first-order valence-corrected chi connectivity index (χ1v) is 10.6. The molecule has 2 aromatic heterocycles. The van der Waals surface area contributed by atoms with Crippen molar-refractivity contribution in [1.82, 2.24) is 9.97 Å². The summed E-state index contributed by atoms with van der Waals surface area (Å²) in [5.41, 5.74) is 2.10.